The fourth-order valence-electron chi connectivity index (χ4n) is 4.99. The minimum atomic E-state index is -0.356. The standard InChI is InChI=1S/C31H35N5O3/c1-34-15-17-36(18-16-34)21-29(37)35(2)25-12-10-24(11-13-25)33-30(22-7-5-4-6-8-22)27-20-32-28-19-23(31(38)39-3)9-14-26(27)28/h4-14,19,32-33H,15-18,20-21H2,1-3H3/b30-27+. The number of hydrogen-bond acceptors (Lipinski definition) is 7. The molecule has 39 heavy (non-hydrogen) atoms. The molecule has 0 atom stereocenters. The van der Waals surface area contributed by atoms with Crippen LogP contribution >= 0.6 is 0 Å². The molecule has 2 heterocycles. The Hall–Kier alpha value is -4.14. The zero-order chi connectivity index (χ0) is 27.4. The van der Waals surface area contributed by atoms with Crippen molar-refractivity contribution in [3.05, 3.63) is 89.5 Å². The maximum absolute atomic E-state index is 12.9. The summed E-state index contributed by atoms with van der Waals surface area (Å²) < 4.78 is 4.88. The fraction of sp³-hybridized carbons (Fsp3) is 0.290. The smallest absolute Gasteiger partial charge is 0.337 e. The van der Waals surface area contributed by atoms with Gasteiger partial charge in [-0.2, -0.15) is 0 Å². The molecule has 8 nitrogen and oxygen atoms in total. The van der Waals surface area contributed by atoms with E-state index in [0.29, 0.717) is 18.7 Å². The Kier molecular flexibility index (Phi) is 7.95. The van der Waals surface area contributed by atoms with E-state index in [0.717, 1.165) is 65.6 Å². The van der Waals surface area contributed by atoms with Crippen molar-refractivity contribution < 1.29 is 14.3 Å². The van der Waals surface area contributed by atoms with E-state index in [1.165, 1.54) is 7.11 Å². The first-order chi connectivity index (χ1) is 18.9. The molecule has 0 saturated carbocycles. The van der Waals surface area contributed by atoms with Crippen molar-refractivity contribution in [1.29, 1.82) is 0 Å². The Morgan fingerprint density at radius 3 is 2.36 bits per heavy atom. The second-order valence-corrected chi connectivity index (χ2v) is 10.0. The number of nitrogens with one attached hydrogen (secondary N) is 2. The number of methoxy groups -OCH3 is 1. The third-order valence-electron chi connectivity index (χ3n) is 7.44. The van der Waals surface area contributed by atoms with E-state index >= 15 is 0 Å². The topological polar surface area (TPSA) is 77.1 Å². The number of carbonyl (C=O) groups is 2. The summed E-state index contributed by atoms with van der Waals surface area (Å²) >= 11 is 0. The molecule has 2 aliphatic rings. The summed E-state index contributed by atoms with van der Waals surface area (Å²) in [7, 11) is 5.34. The number of esters is 1. The molecule has 202 valence electrons. The highest BCUT2D eigenvalue weighted by Gasteiger charge is 2.23. The summed E-state index contributed by atoms with van der Waals surface area (Å²) in [5.41, 5.74) is 7.39. The number of carbonyl (C=O) groups excluding carboxylic acids is 2. The van der Waals surface area contributed by atoms with E-state index in [9.17, 15) is 9.59 Å². The molecule has 2 N–H and O–H groups in total. The van der Waals surface area contributed by atoms with Crippen LogP contribution in [0.1, 0.15) is 21.5 Å². The van der Waals surface area contributed by atoms with Crippen LogP contribution in [0.15, 0.2) is 72.8 Å². The summed E-state index contributed by atoms with van der Waals surface area (Å²) in [6.45, 7) is 4.86. The molecule has 5 rings (SSSR count). The molecule has 8 heteroatoms. The average molecular weight is 526 g/mol. The Labute approximate surface area is 229 Å². The molecular formula is C31H35N5O3. The minimum Gasteiger partial charge on any atom is -0.465 e. The lowest BCUT2D eigenvalue weighted by atomic mass is 9.99. The van der Waals surface area contributed by atoms with Gasteiger partial charge in [0.1, 0.15) is 0 Å². The van der Waals surface area contributed by atoms with Gasteiger partial charge in [-0.1, -0.05) is 36.4 Å². The first-order valence-electron chi connectivity index (χ1n) is 13.2. The van der Waals surface area contributed by atoms with Crippen molar-refractivity contribution in [2.75, 3.05) is 76.0 Å². The summed E-state index contributed by atoms with van der Waals surface area (Å²) in [5, 5.41) is 7.05. The normalized spacial score (nSPS) is 16.7. The number of piperazine rings is 1. The zero-order valence-electron chi connectivity index (χ0n) is 22.7. The number of ether oxygens (including phenoxy) is 1. The van der Waals surface area contributed by atoms with Crippen molar-refractivity contribution in [3.63, 3.8) is 0 Å². The number of benzene rings is 3. The molecule has 3 aromatic rings. The monoisotopic (exact) mass is 525 g/mol. The van der Waals surface area contributed by atoms with Crippen LogP contribution in [-0.4, -0.2) is 82.1 Å². The Bertz CT molecular complexity index is 1360. The number of anilines is 3. The number of rotatable bonds is 7. The van der Waals surface area contributed by atoms with Crippen LogP contribution in [0, 0.1) is 0 Å². The first-order valence-corrected chi connectivity index (χ1v) is 13.2. The van der Waals surface area contributed by atoms with E-state index in [1.54, 1.807) is 11.0 Å². The van der Waals surface area contributed by atoms with Crippen LogP contribution in [0.25, 0.3) is 11.3 Å². The van der Waals surface area contributed by atoms with Gasteiger partial charge in [0.25, 0.3) is 0 Å². The van der Waals surface area contributed by atoms with Crippen LogP contribution in [0.5, 0.6) is 0 Å². The Balaban J connectivity index is 1.36. The lowest BCUT2D eigenvalue weighted by Crippen LogP contribution is -2.48. The molecule has 3 aromatic carbocycles. The van der Waals surface area contributed by atoms with Crippen molar-refractivity contribution in [2.45, 2.75) is 0 Å². The van der Waals surface area contributed by atoms with Gasteiger partial charge < -0.3 is 25.2 Å². The van der Waals surface area contributed by atoms with Gasteiger partial charge in [-0.25, -0.2) is 4.79 Å². The fourth-order valence-corrected chi connectivity index (χ4v) is 4.99. The van der Waals surface area contributed by atoms with Gasteiger partial charge in [0.2, 0.25) is 5.91 Å². The summed E-state index contributed by atoms with van der Waals surface area (Å²) in [5.74, 6) is -0.266. The maximum atomic E-state index is 12.9. The van der Waals surface area contributed by atoms with Gasteiger partial charge in [0, 0.05) is 68.0 Å². The van der Waals surface area contributed by atoms with Gasteiger partial charge in [0.05, 0.1) is 24.9 Å². The highest BCUT2D eigenvalue weighted by Crippen LogP contribution is 2.37. The number of nitrogens with zero attached hydrogens (tertiary/aromatic N) is 3. The van der Waals surface area contributed by atoms with Crippen molar-refractivity contribution >= 4 is 40.2 Å². The van der Waals surface area contributed by atoms with Crippen molar-refractivity contribution in [2.24, 2.45) is 0 Å². The summed E-state index contributed by atoms with van der Waals surface area (Å²) in [4.78, 5) is 31.2. The SMILES string of the molecule is COC(=O)c1ccc2c(c1)NC/C2=C(\Nc1ccc(N(C)C(=O)CN2CCN(C)CC2)cc1)c1ccccc1. The zero-order valence-corrected chi connectivity index (χ0v) is 22.7. The van der Waals surface area contributed by atoms with E-state index in [1.807, 2.05) is 61.6 Å². The number of likely N-dealkylation sites (N-methyl/N-ethyl adjacent to an activating group) is 2. The lowest BCUT2D eigenvalue weighted by Gasteiger charge is -2.32. The Morgan fingerprint density at radius 1 is 0.949 bits per heavy atom. The maximum Gasteiger partial charge on any atom is 0.337 e. The number of amides is 1. The molecule has 2 aliphatic heterocycles. The quantitative estimate of drug-likeness (QED) is 0.450. The second kappa shape index (κ2) is 11.7. The molecule has 0 aliphatic carbocycles. The first kappa shape index (κ1) is 26.5. The van der Waals surface area contributed by atoms with Crippen LogP contribution in [0.3, 0.4) is 0 Å². The van der Waals surface area contributed by atoms with Gasteiger partial charge in [0.15, 0.2) is 0 Å². The van der Waals surface area contributed by atoms with Gasteiger partial charge in [-0.3, -0.25) is 9.69 Å². The highest BCUT2D eigenvalue weighted by atomic mass is 16.5. The van der Waals surface area contributed by atoms with E-state index in [2.05, 4.69) is 39.6 Å². The molecule has 0 bridgehead atoms. The molecule has 0 spiro atoms. The lowest BCUT2D eigenvalue weighted by molar-refractivity contribution is -0.119. The number of fused-ring (bicyclic) bond motifs is 1. The molecular weight excluding hydrogens is 490 g/mol. The molecule has 0 unspecified atom stereocenters. The number of hydrogen-bond donors (Lipinski definition) is 2. The Morgan fingerprint density at radius 2 is 1.67 bits per heavy atom. The minimum absolute atomic E-state index is 0.0901. The third-order valence-corrected chi connectivity index (χ3v) is 7.44. The van der Waals surface area contributed by atoms with Crippen LogP contribution in [-0.2, 0) is 9.53 Å². The largest absolute Gasteiger partial charge is 0.465 e. The molecule has 1 fully saturated rings. The average Bonchev–Trinajstić information content (AvgIpc) is 3.40. The predicted molar refractivity (Wildman–Crippen MR) is 157 cm³/mol. The van der Waals surface area contributed by atoms with Gasteiger partial charge >= 0.3 is 5.97 Å². The van der Waals surface area contributed by atoms with Crippen LogP contribution in [0.2, 0.25) is 0 Å². The third kappa shape index (κ3) is 5.97. The predicted octanol–water partition coefficient (Wildman–Crippen LogP) is 4.09. The molecule has 1 saturated heterocycles. The molecule has 1 amide bonds. The molecule has 0 radical (unpaired) electrons. The summed E-state index contributed by atoms with van der Waals surface area (Å²) in [6, 6.07) is 23.7. The van der Waals surface area contributed by atoms with Crippen LogP contribution < -0.4 is 15.5 Å². The highest BCUT2D eigenvalue weighted by molar-refractivity contribution is 6.03. The summed E-state index contributed by atoms with van der Waals surface area (Å²) in [6.07, 6.45) is 0. The van der Waals surface area contributed by atoms with E-state index < -0.39 is 0 Å². The second-order valence-electron chi connectivity index (χ2n) is 10.0. The van der Waals surface area contributed by atoms with Crippen molar-refractivity contribution in [1.82, 2.24) is 9.80 Å². The van der Waals surface area contributed by atoms with Crippen molar-refractivity contribution in [3.8, 4) is 0 Å². The van der Waals surface area contributed by atoms with E-state index in [-0.39, 0.29) is 11.9 Å². The van der Waals surface area contributed by atoms with Crippen LogP contribution in [0.4, 0.5) is 17.1 Å². The van der Waals surface area contributed by atoms with Gasteiger partial charge in [-0.05, 0) is 49.0 Å². The van der Waals surface area contributed by atoms with E-state index in [4.69, 9.17) is 4.74 Å². The molecule has 0 aromatic heterocycles. The van der Waals surface area contributed by atoms with Gasteiger partial charge in [-0.15, -0.1) is 0 Å².